The molecule has 2 amide bonds. The average molecular weight is 260 g/mol. The monoisotopic (exact) mass is 260 g/mol. The van der Waals surface area contributed by atoms with Gasteiger partial charge in [0, 0.05) is 6.54 Å². The van der Waals surface area contributed by atoms with Gasteiger partial charge >= 0.3 is 0 Å². The van der Waals surface area contributed by atoms with Gasteiger partial charge < -0.3 is 10.2 Å². The van der Waals surface area contributed by atoms with E-state index in [0.717, 1.165) is 16.7 Å². The quantitative estimate of drug-likeness (QED) is 0.877. The lowest BCUT2D eigenvalue weighted by atomic mass is 9.95. The van der Waals surface area contributed by atoms with Gasteiger partial charge in [-0.25, -0.2) is 0 Å². The van der Waals surface area contributed by atoms with Crippen molar-refractivity contribution in [3.63, 3.8) is 0 Å². The molecule has 0 atom stereocenters. The normalized spacial score (nSPS) is 18.4. The summed E-state index contributed by atoms with van der Waals surface area (Å²) in [5.74, 6) is -0.134. The molecule has 1 heterocycles. The molecule has 0 radical (unpaired) electrons. The first-order valence-electron chi connectivity index (χ1n) is 6.48. The fraction of sp³-hybridized carbons (Fsp3) is 0.467. The zero-order chi connectivity index (χ0) is 14.2. The maximum atomic E-state index is 12.1. The highest BCUT2D eigenvalue weighted by Crippen LogP contribution is 2.24. The highest BCUT2D eigenvalue weighted by molar-refractivity contribution is 5.97. The van der Waals surface area contributed by atoms with Gasteiger partial charge in [-0.15, -0.1) is 0 Å². The molecule has 1 N–H and O–H groups in total. The SMILES string of the molecule is Cc1cccc(C)c1CN1C(=O)CNC(=O)C1(C)C. The van der Waals surface area contributed by atoms with Crippen molar-refractivity contribution in [2.45, 2.75) is 39.8 Å². The van der Waals surface area contributed by atoms with Crippen molar-refractivity contribution in [2.75, 3.05) is 6.54 Å². The van der Waals surface area contributed by atoms with Crippen LogP contribution in [0.1, 0.15) is 30.5 Å². The molecule has 0 aliphatic carbocycles. The number of carbonyl (C=O) groups is 2. The lowest BCUT2D eigenvalue weighted by Gasteiger charge is -2.41. The van der Waals surface area contributed by atoms with Gasteiger partial charge in [-0.05, 0) is 44.4 Å². The second-order valence-electron chi connectivity index (χ2n) is 5.59. The topological polar surface area (TPSA) is 49.4 Å². The van der Waals surface area contributed by atoms with Crippen LogP contribution in [0.25, 0.3) is 0 Å². The summed E-state index contributed by atoms with van der Waals surface area (Å²) in [6.45, 7) is 8.21. The molecule has 1 fully saturated rings. The lowest BCUT2D eigenvalue weighted by molar-refractivity contribution is -0.152. The zero-order valence-corrected chi connectivity index (χ0v) is 11.9. The van der Waals surface area contributed by atoms with Crippen molar-refractivity contribution in [3.05, 3.63) is 34.9 Å². The van der Waals surface area contributed by atoms with Gasteiger partial charge in [0.25, 0.3) is 0 Å². The molecular weight excluding hydrogens is 240 g/mol. The van der Waals surface area contributed by atoms with E-state index in [1.807, 2.05) is 32.0 Å². The predicted molar refractivity (Wildman–Crippen MR) is 73.6 cm³/mol. The van der Waals surface area contributed by atoms with E-state index in [-0.39, 0.29) is 18.4 Å². The molecule has 102 valence electrons. The third kappa shape index (κ3) is 2.35. The average Bonchev–Trinajstić information content (AvgIpc) is 2.33. The van der Waals surface area contributed by atoms with Crippen LogP contribution in [0.3, 0.4) is 0 Å². The molecule has 4 heteroatoms. The summed E-state index contributed by atoms with van der Waals surface area (Å²) >= 11 is 0. The van der Waals surface area contributed by atoms with E-state index in [0.29, 0.717) is 6.54 Å². The van der Waals surface area contributed by atoms with Gasteiger partial charge in [0.1, 0.15) is 5.54 Å². The first-order valence-corrected chi connectivity index (χ1v) is 6.48. The molecular formula is C15H20N2O2. The smallest absolute Gasteiger partial charge is 0.245 e. The number of carbonyl (C=O) groups excluding carboxylic acids is 2. The Morgan fingerprint density at radius 1 is 1.21 bits per heavy atom. The number of nitrogens with one attached hydrogen (secondary N) is 1. The number of piperazine rings is 1. The van der Waals surface area contributed by atoms with Crippen molar-refractivity contribution in [1.82, 2.24) is 10.2 Å². The third-order valence-corrected chi connectivity index (χ3v) is 3.89. The van der Waals surface area contributed by atoms with Crippen molar-refractivity contribution >= 4 is 11.8 Å². The predicted octanol–water partition coefficient (Wildman–Crippen LogP) is 1.54. The van der Waals surface area contributed by atoms with Crippen LogP contribution in [-0.2, 0) is 16.1 Å². The summed E-state index contributed by atoms with van der Waals surface area (Å²) in [6.07, 6.45) is 0. The Bertz CT molecular complexity index is 515. The summed E-state index contributed by atoms with van der Waals surface area (Å²) in [6, 6.07) is 6.07. The Hall–Kier alpha value is -1.84. The third-order valence-electron chi connectivity index (χ3n) is 3.89. The second kappa shape index (κ2) is 4.68. The first-order chi connectivity index (χ1) is 8.84. The molecule has 0 saturated carbocycles. The minimum Gasteiger partial charge on any atom is -0.345 e. The van der Waals surface area contributed by atoms with Crippen LogP contribution in [0, 0.1) is 13.8 Å². The van der Waals surface area contributed by atoms with Crippen molar-refractivity contribution in [1.29, 1.82) is 0 Å². The maximum absolute atomic E-state index is 12.1. The molecule has 4 nitrogen and oxygen atoms in total. The summed E-state index contributed by atoms with van der Waals surface area (Å²) in [7, 11) is 0. The highest BCUT2D eigenvalue weighted by atomic mass is 16.2. The Morgan fingerprint density at radius 2 is 1.79 bits per heavy atom. The molecule has 19 heavy (non-hydrogen) atoms. The molecule has 0 aromatic heterocycles. The van der Waals surface area contributed by atoms with Crippen molar-refractivity contribution < 1.29 is 9.59 Å². The number of amides is 2. The van der Waals surface area contributed by atoms with Crippen LogP contribution in [0.5, 0.6) is 0 Å². The zero-order valence-electron chi connectivity index (χ0n) is 11.9. The van der Waals surface area contributed by atoms with Crippen molar-refractivity contribution in [3.8, 4) is 0 Å². The van der Waals surface area contributed by atoms with E-state index in [9.17, 15) is 9.59 Å². The summed E-state index contributed by atoms with van der Waals surface area (Å²) < 4.78 is 0. The Labute approximate surface area is 113 Å². The summed E-state index contributed by atoms with van der Waals surface area (Å²) in [5.41, 5.74) is 2.62. The molecule has 0 bridgehead atoms. The first kappa shape index (κ1) is 13.6. The largest absolute Gasteiger partial charge is 0.345 e. The highest BCUT2D eigenvalue weighted by Gasteiger charge is 2.41. The van der Waals surface area contributed by atoms with Gasteiger partial charge in [-0.2, -0.15) is 0 Å². The second-order valence-corrected chi connectivity index (χ2v) is 5.59. The number of hydrogen-bond acceptors (Lipinski definition) is 2. The lowest BCUT2D eigenvalue weighted by Crippen LogP contribution is -2.63. The fourth-order valence-corrected chi connectivity index (χ4v) is 2.44. The minimum atomic E-state index is -0.802. The molecule has 1 aromatic carbocycles. The van der Waals surface area contributed by atoms with E-state index in [2.05, 4.69) is 5.32 Å². The van der Waals surface area contributed by atoms with Gasteiger partial charge in [0.05, 0.1) is 6.54 Å². The van der Waals surface area contributed by atoms with Gasteiger partial charge in [-0.3, -0.25) is 9.59 Å². The van der Waals surface area contributed by atoms with Crippen LogP contribution >= 0.6 is 0 Å². The van der Waals surface area contributed by atoms with E-state index in [1.165, 1.54) is 0 Å². The summed E-state index contributed by atoms with van der Waals surface area (Å²) in [5, 5.41) is 2.64. The van der Waals surface area contributed by atoms with E-state index < -0.39 is 5.54 Å². The van der Waals surface area contributed by atoms with E-state index in [1.54, 1.807) is 18.7 Å². The van der Waals surface area contributed by atoms with E-state index >= 15 is 0 Å². The van der Waals surface area contributed by atoms with Gasteiger partial charge in [0.15, 0.2) is 0 Å². The van der Waals surface area contributed by atoms with Crippen LogP contribution < -0.4 is 5.32 Å². The van der Waals surface area contributed by atoms with Crippen LogP contribution in [0.15, 0.2) is 18.2 Å². The van der Waals surface area contributed by atoms with E-state index in [4.69, 9.17) is 0 Å². The molecule has 1 saturated heterocycles. The molecule has 0 spiro atoms. The Morgan fingerprint density at radius 3 is 2.37 bits per heavy atom. The molecule has 1 aliphatic heterocycles. The van der Waals surface area contributed by atoms with Crippen LogP contribution in [0.4, 0.5) is 0 Å². The Kier molecular flexibility index (Phi) is 3.35. The number of rotatable bonds is 2. The van der Waals surface area contributed by atoms with Crippen molar-refractivity contribution in [2.24, 2.45) is 0 Å². The Balaban J connectivity index is 2.35. The van der Waals surface area contributed by atoms with Gasteiger partial charge in [-0.1, -0.05) is 18.2 Å². The number of hydrogen-bond donors (Lipinski definition) is 1. The molecule has 2 rings (SSSR count). The standard InChI is InChI=1S/C15H20N2O2/c1-10-6-5-7-11(2)12(10)9-17-13(18)8-16-14(19)15(17,3)4/h5-7H,8-9H2,1-4H3,(H,16,19). The molecule has 1 aromatic rings. The maximum Gasteiger partial charge on any atom is 0.245 e. The summed E-state index contributed by atoms with van der Waals surface area (Å²) in [4.78, 5) is 25.7. The number of aryl methyl sites for hydroxylation is 2. The molecule has 0 unspecified atom stereocenters. The number of nitrogens with zero attached hydrogens (tertiary/aromatic N) is 1. The number of benzene rings is 1. The minimum absolute atomic E-state index is 0.0350. The van der Waals surface area contributed by atoms with Crippen LogP contribution in [0.2, 0.25) is 0 Å². The fourth-order valence-electron chi connectivity index (χ4n) is 2.44. The molecule has 1 aliphatic rings. The van der Waals surface area contributed by atoms with Crippen LogP contribution in [-0.4, -0.2) is 28.8 Å². The van der Waals surface area contributed by atoms with Gasteiger partial charge in [0.2, 0.25) is 11.8 Å².